The number of fused-ring (bicyclic) bond motifs is 1. The van der Waals surface area contributed by atoms with Crippen molar-refractivity contribution in [2.24, 2.45) is 0 Å². The number of nitrogens with one attached hydrogen (secondary N) is 1. The van der Waals surface area contributed by atoms with Crippen molar-refractivity contribution in [1.29, 1.82) is 0 Å². The Kier molecular flexibility index (Phi) is 4.15. The third kappa shape index (κ3) is 3.42. The number of nitrogen functional groups attached to an aromatic ring is 1. The number of hydrogen-bond acceptors (Lipinski definition) is 3. The van der Waals surface area contributed by atoms with Gasteiger partial charge < -0.3 is 5.73 Å². The summed E-state index contributed by atoms with van der Waals surface area (Å²) < 4.78 is 0. The molecule has 0 saturated carbocycles. The molecule has 0 aliphatic carbocycles. The Morgan fingerprint density at radius 2 is 1.70 bits per heavy atom. The summed E-state index contributed by atoms with van der Waals surface area (Å²) in [5.41, 5.74) is 9.80. The van der Waals surface area contributed by atoms with Crippen molar-refractivity contribution < 1.29 is 0 Å². The van der Waals surface area contributed by atoms with Crippen LogP contribution < -0.4 is 11.3 Å². The van der Waals surface area contributed by atoms with Gasteiger partial charge in [-0.05, 0) is 47.6 Å². The lowest BCUT2D eigenvalue weighted by molar-refractivity contribution is 0.863. The highest BCUT2D eigenvalue weighted by atomic mass is 16.1. The first-order chi connectivity index (χ1) is 11.0. The second-order valence-corrected chi connectivity index (χ2v) is 6.20. The first-order valence-electron chi connectivity index (χ1n) is 7.90. The molecule has 23 heavy (non-hydrogen) atoms. The van der Waals surface area contributed by atoms with Crippen LogP contribution in [0.3, 0.4) is 0 Å². The van der Waals surface area contributed by atoms with Crippen LogP contribution >= 0.6 is 0 Å². The molecular formula is C19H21N3O. The fourth-order valence-electron chi connectivity index (χ4n) is 2.72. The van der Waals surface area contributed by atoms with E-state index in [0.717, 1.165) is 18.4 Å². The summed E-state index contributed by atoms with van der Waals surface area (Å²) in [7, 11) is 0. The third-order valence-electron chi connectivity index (χ3n) is 4.14. The Morgan fingerprint density at radius 1 is 1.04 bits per heavy atom. The van der Waals surface area contributed by atoms with Crippen molar-refractivity contribution in [2.45, 2.75) is 32.6 Å². The zero-order valence-electron chi connectivity index (χ0n) is 13.5. The van der Waals surface area contributed by atoms with Crippen LogP contribution in [0, 0.1) is 0 Å². The Balaban J connectivity index is 1.78. The molecule has 0 radical (unpaired) electrons. The molecule has 0 bridgehead atoms. The van der Waals surface area contributed by atoms with E-state index in [-0.39, 0.29) is 11.5 Å². The average molecular weight is 307 g/mol. The molecule has 0 unspecified atom stereocenters. The summed E-state index contributed by atoms with van der Waals surface area (Å²) in [6, 6.07) is 14.5. The predicted molar refractivity (Wildman–Crippen MR) is 94.7 cm³/mol. The zero-order chi connectivity index (χ0) is 16.4. The maximum Gasteiger partial charge on any atom is 0.260 e. The summed E-state index contributed by atoms with van der Waals surface area (Å²) in [6.07, 6.45) is 1.84. The number of aromatic nitrogens is 2. The highest BCUT2D eigenvalue weighted by molar-refractivity contribution is 5.79. The highest BCUT2D eigenvalue weighted by Gasteiger charge is 2.04. The van der Waals surface area contributed by atoms with Gasteiger partial charge >= 0.3 is 0 Å². The van der Waals surface area contributed by atoms with E-state index in [4.69, 9.17) is 5.73 Å². The number of benzene rings is 2. The van der Waals surface area contributed by atoms with Crippen molar-refractivity contribution >= 4 is 16.9 Å². The number of aromatic amines is 1. The van der Waals surface area contributed by atoms with Crippen molar-refractivity contribution in [1.82, 2.24) is 9.97 Å². The molecule has 4 nitrogen and oxygen atoms in total. The second kappa shape index (κ2) is 6.24. The number of rotatable bonds is 4. The smallest absolute Gasteiger partial charge is 0.260 e. The molecule has 3 rings (SSSR count). The van der Waals surface area contributed by atoms with Crippen LogP contribution in [0.25, 0.3) is 10.9 Å². The molecule has 1 aromatic heterocycles. The molecule has 0 aliphatic heterocycles. The van der Waals surface area contributed by atoms with Gasteiger partial charge in [-0.15, -0.1) is 0 Å². The highest BCUT2D eigenvalue weighted by Crippen LogP contribution is 2.17. The van der Waals surface area contributed by atoms with E-state index in [1.54, 1.807) is 0 Å². The molecule has 0 atom stereocenters. The number of anilines is 1. The van der Waals surface area contributed by atoms with Gasteiger partial charge in [0.15, 0.2) is 0 Å². The molecule has 0 fully saturated rings. The Hall–Kier alpha value is -2.62. The normalized spacial score (nSPS) is 11.3. The van der Waals surface area contributed by atoms with Gasteiger partial charge in [0.25, 0.3) is 5.56 Å². The number of nitrogens with zero attached hydrogens (tertiary/aromatic N) is 1. The minimum absolute atomic E-state index is 0.153. The lowest BCUT2D eigenvalue weighted by Crippen LogP contribution is -2.11. The van der Waals surface area contributed by atoms with Crippen molar-refractivity contribution in [3.8, 4) is 0 Å². The Labute approximate surface area is 135 Å². The number of hydrogen-bond donors (Lipinski definition) is 2. The molecule has 3 aromatic rings. The number of aryl methyl sites for hydroxylation is 2. The summed E-state index contributed by atoms with van der Waals surface area (Å²) in [4.78, 5) is 18.6. The zero-order valence-corrected chi connectivity index (χ0v) is 13.5. The monoisotopic (exact) mass is 307 g/mol. The first-order valence-corrected chi connectivity index (χ1v) is 7.90. The lowest BCUT2D eigenvalue weighted by Gasteiger charge is -2.07. The summed E-state index contributed by atoms with van der Waals surface area (Å²) in [5.74, 6) is 0.705. The van der Waals surface area contributed by atoms with Gasteiger partial charge in [-0.1, -0.05) is 44.2 Å². The summed E-state index contributed by atoms with van der Waals surface area (Å²) in [6.45, 7) is 4.39. The van der Waals surface area contributed by atoms with E-state index >= 15 is 0 Å². The number of H-pyrrole nitrogens is 1. The van der Waals surface area contributed by atoms with Crippen LogP contribution in [-0.4, -0.2) is 9.97 Å². The molecule has 4 heteroatoms. The van der Waals surface area contributed by atoms with Crippen LogP contribution in [0.15, 0.2) is 47.3 Å². The quantitative estimate of drug-likeness (QED) is 0.776. The van der Waals surface area contributed by atoms with Crippen molar-refractivity contribution in [2.75, 3.05) is 5.73 Å². The molecule has 0 aliphatic rings. The largest absolute Gasteiger partial charge is 0.369 e. The SMILES string of the molecule is CC(C)c1ccc(CCc2ccc3nc(N)[nH]c(=O)c3c2)cc1. The molecule has 0 spiro atoms. The second-order valence-electron chi connectivity index (χ2n) is 6.20. The van der Waals surface area contributed by atoms with Crippen molar-refractivity contribution in [3.05, 3.63) is 69.5 Å². The molecule has 0 saturated heterocycles. The predicted octanol–water partition coefficient (Wildman–Crippen LogP) is 3.41. The van der Waals surface area contributed by atoms with E-state index in [0.29, 0.717) is 16.8 Å². The van der Waals surface area contributed by atoms with Crippen LogP contribution in [-0.2, 0) is 12.8 Å². The molecule has 118 valence electrons. The molecular weight excluding hydrogens is 286 g/mol. The maximum atomic E-state index is 12.0. The van der Waals surface area contributed by atoms with Crippen LogP contribution in [0.1, 0.15) is 36.5 Å². The van der Waals surface area contributed by atoms with Crippen LogP contribution in [0.4, 0.5) is 5.95 Å². The first kappa shape index (κ1) is 15.3. The van der Waals surface area contributed by atoms with Gasteiger partial charge in [-0.25, -0.2) is 4.98 Å². The van der Waals surface area contributed by atoms with E-state index in [9.17, 15) is 4.79 Å². The van der Waals surface area contributed by atoms with Gasteiger partial charge in [0.1, 0.15) is 0 Å². The molecule has 2 aromatic carbocycles. The average Bonchev–Trinajstić information content (AvgIpc) is 2.53. The maximum absolute atomic E-state index is 12.0. The van der Waals surface area contributed by atoms with Crippen LogP contribution in [0.2, 0.25) is 0 Å². The number of nitrogens with two attached hydrogens (primary N) is 1. The van der Waals surface area contributed by atoms with Crippen LogP contribution in [0.5, 0.6) is 0 Å². The van der Waals surface area contributed by atoms with Gasteiger partial charge in [0.2, 0.25) is 5.95 Å². The standard InChI is InChI=1S/C19H21N3O/c1-12(2)15-8-5-13(6-9-15)3-4-14-7-10-17-16(11-14)18(23)22-19(20)21-17/h5-12H,3-4H2,1-2H3,(H3,20,21,22,23). The minimum atomic E-state index is -0.185. The van der Waals surface area contributed by atoms with Gasteiger partial charge in [-0.3, -0.25) is 9.78 Å². The fraction of sp³-hybridized carbons (Fsp3) is 0.263. The molecule has 3 N–H and O–H groups in total. The topological polar surface area (TPSA) is 71.8 Å². The minimum Gasteiger partial charge on any atom is -0.369 e. The molecule has 0 amide bonds. The Bertz CT molecular complexity index is 879. The Morgan fingerprint density at radius 3 is 2.39 bits per heavy atom. The van der Waals surface area contributed by atoms with Crippen molar-refractivity contribution in [3.63, 3.8) is 0 Å². The van der Waals surface area contributed by atoms with Gasteiger partial charge in [-0.2, -0.15) is 0 Å². The van der Waals surface area contributed by atoms with Gasteiger partial charge in [0.05, 0.1) is 10.9 Å². The summed E-state index contributed by atoms with van der Waals surface area (Å²) >= 11 is 0. The van der Waals surface area contributed by atoms with E-state index < -0.39 is 0 Å². The molecule has 1 heterocycles. The van der Waals surface area contributed by atoms with Gasteiger partial charge in [0, 0.05) is 0 Å². The summed E-state index contributed by atoms with van der Waals surface area (Å²) in [5, 5.41) is 0.590. The lowest BCUT2D eigenvalue weighted by atomic mass is 9.98. The van der Waals surface area contributed by atoms with E-state index in [2.05, 4.69) is 48.1 Å². The van der Waals surface area contributed by atoms with E-state index in [1.165, 1.54) is 11.1 Å². The fourth-order valence-corrected chi connectivity index (χ4v) is 2.72. The van der Waals surface area contributed by atoms with E-state index in [1.807, 2.05) is 18.2 Å². The third-order valence-corrected chi connectivity index (χ3v) is 4.14.